The first kappa shape index (κ1) is 26.8. The lowest BCUT2D eigenvalue weighted by atomic mass is 10.1. The number of aromatic nitrogens is 2. The van der Waals surface area contributed by atoms with Gasteiger partial charge in [0.25, 0.3) is 11.5 Å². The zero-order valence-corrected chi connectivity index (χ0v) is 21.9. The molecule has 2 heterocycles. The molecule has 9 nitrogen and oxygen atoms in total. The number of aryl methyl sites for hydroxylation is 2. The number of benzene rings is 2. The van der Waals surface area contributed by atoms with E-state index >= 15 is 0 Å². The van der Waals surface area contributed by atoms with Crippen LogP contribution in [-0.4, -0.2) is 27.9 Å². The fraction of sp³-hybridized carbons (Fsp3) is 0.167. The second kappa shape index (κ2) is 11.4. The van der Waals surface area contributed by atoms with Crippen molar-refractivity contribution in [2.24, 2.45) is 0 Å². The molecule has 0 unspecified atom stereocenters. The Morgan fingerprint density at radius 1 is 1.05 bits per heavy atom. The number of anilines is 1. The monoisotopic (exact) mass is 522 g/mol. The SMILES string of the molecule is CCOC(=O)c1ccc(NC(=O)/C(C#N)=C\c2c(Oc3cccc(C)c3C)nc3c(C)cccn3c2=O)cc1. The van der Waals surface area contributed by atoms with Gasteiger partial charge in [-0.3, -0.25) is 14.0 Å². The average molecular weight is 523 g/mol. The number of hydrogen-bond donors (Lipinski definition) is 1. The van der Waals surface area contributed by atoms with Gasteiger partial charge in [-0.2, -0.15) is 10.2 Å². The summed E-state index contributed by atoms with van der Waals surface area (Å²) in [6.07, 6.45) is 2.74. The maximum atomic E-state index is 13.5. The van der Waals surface area contributed by atoms with Gasteiger partial charge in [0.05, 0.1) is 12.2 Å². The predicted molar refractivity (Wildman–Crippen MR) is 147 cm³/mol. The van der Waals surface area contributed by atoms with Gasteiger partial charge in [-0.1, -0.05) is 18.2 Å². The van der Waals surface area contributed by atoms with Gasteiger partial charge < -0.3 is 14.8 Å². The van der Waals surface area contributed by atoms with Gasteiger partial charge in [0.2, 0.25) is 5.88 Å². The first-order chi connectivity index (χ1) is 18.7. The highest BCUT2D eigenvalue weighted by molar-refractivity contribution is 6.10. The summed E-state index contributed by atoms with van der Waals surface area (Å²) in [5.41, 5.74) is 2.79. The Kier molecular flexibility index (Phi) is 7.87. The Balaban J connectivity index is 1.75. The van der Waals surface area contributed by atoms with Gasteiger partial charge in [0, 0.05) is 11.9 Å². The number of carbonyl (C=O) groups is 2. The molecule has 9 heteroatoms. The highest BCUT2D eigenvalue weighted by Crippen LogP contribution is 2.29. The van der Waals surface area contributed by atoms with Crippen LogP contribution in [0, 0.1) is 32.1 Å². The number of pyridine rings is 1. The zero-order valence-electron chi connectivity index (χ0n) is 21.9. The molecule has 1 N–H and O–H groups in total. The topological polar surface area (TPSA) is 123 Å². The van der Waals surface area contributed by atoms with Crippen molar-refractivity contribution in [3.63, 3.8) is 0 Å². The van der Waals surface area contributed by atoms with E-state index in [9.17, 15) is 19.6 Å². The van der Waals surface area contributed by atoms with E-state index in [4.69, 9.17) is 9.47 Å². The van der Waals surface area contributed by atoms with Crippen LogP contribution in [-0.2, 0) is 9.53 Å². The molecule has 39 heavy (non-hydrogen) atoms. The van der Waals surface area contributed by atoms with Crippen LogP contribution in [0.15, 0.2) is 71.2 Å². The number of ether oxygens (including phenoxy) is 2. The van der Waals surface area contributed by atoms with Gasteiger partial charge in [-0.15, -0.1) is 0 Å². The third-order valence-electron chi connectivity index (χ3n) is 6.12. The van der Waals surface area contributed by atoms with E-state index in [2.05, 4.69) is 10.3 Å². The summed E-state index contributed by atoms with van der Waals surface area (Å²) in [4.78, 5) is 43.0. The standard InChI is InChI=1S/C30H26N4O5/c1-5-38-30(37)21-11-13-23(14-12-21)32-27(35)22(17-31)16-24-28(39-25-10-6-8-18(2)20(25)4)33-26-19(3)9-7-15-34(26)29(24)36/h6-16H,5H2,1-4H3,(H,32,35)/b22-16-. The number of fused-ring (bicyclic) bond motifs is 1. The maximum Gasteiger partial charge on any atom is 0.338 e. The molecule has 1 amide bonds. The molecule has 0 atom stereocenters. The molecule has 0 aliphatic heterocycles. The van der Waals surface area contributed by atoms with Crippen LogP contribution in [0.4, 0.5) is 5.69 Å². The lowest BCUT2D eigenvalue weighted by Gasteiger charge is -2.14. The van der Waals surface area contributed by atoms with Crippen molar-refractivity contribution < 1.29 is 19.1 Å². The Morgan fingerprint density at radius 3 is 2.46 bits per heavy atom. The summed E-state index contributed by atoms with van der Waals surface area (Å²) in [5.74, 6) is -0.752. The maximum absolute atomic E-state index is 13.5. The lowest BCUT2D eigenvalue weighted by Crippen LogP contribution is -2.21. The van der Waals surface area contributed by atoms with E-state index < -0.39 is 17.4 Å². The summed E-state index contributed by atoms with van der Waals surface area (Å²) < 4.78 is 12.4. The van der Waals surface area contributed by atoms with Crippen LogP contribution in [0.25, 0.3) is 11.7 Å². The van der Waals surface area contributed by atoms with Crippen molar-refractivity contribution in [1.82, 2.24) is 9.38 Å². The van der Waals surface area contributed by atoms with Crippen molar-refractivity contribution in [2.75, 3.05) is 11.9 Å². The smallest absolute Gasteiger partial charge is 0.338 e. The van der Waals surface area contributed by atoms with E-state index in [-0.39, 0.29) is 23.6 Å². The molecule has 0 spiro atoms. The number of nitrogens with one attached hydrogen (secondary N) is 1. The number of nitrogens with zero attached hydrogens (tertiary/aromatic N) is 3. The van der Waals surface area contributed by atoms with E-state index in [1.807, 2.05) is 45.0 Å². The molecule has 0 radical (unpaired) electrons. The molecule has 0 aliphatic carbocycles. The number of rotatable bonds is 7. The molecular formula is C30H26N4O5. The summed E-state index contributed by atoms with van der Waals surface area (Å²) >= 11 is 0. The van der Waals surface area contributed by atoms with Crippen molar-refractivity contribution in [1.29, 1.82) is 5.26 Å². The molecular weight excluding hydrogens is 496 g/mol. The van der Waals surface area contributed by atoms with E-state index in [1.165, 1.54) is 34.7 Å². The predicted octanol–water partition coefficient (Wildman–Crippen LogP) is 5.13. The van der Waals surface area contributed by atoms with Crippen molar-refractivity contribution in [2.45, 2.75) is 27.7 Å². The minimum Gasteiger partial charge on any atom is -0.462 e. The molecule has 0 aliphatic rings. The lowest BCUT2D eigenvalue weighted by molar-refractivity contribution is -0.112. The second-order valence-electron chi connectivity index (χ2n) is 8.74. The number of hydrogen-bond acceptors (Lipinski definition) is 7. The minimum absolute atomic E-state index is 0.0256. The highest BCUT2D eigenvalue weighted by Gasteiger charge is 2.19. The van der Waals surface area contributed by atoms with Crippen molar-refractivity contribution >= 4 is 29.3 Å². The summed E-state index contributed by atoms with van der Waals surface area (Å²) in [5, 5.41) is 12.4. The van der Waals surface area contributed by atoms with Crippen LogP contribution in [0.1, 0.15) is 39.5 Å². The molecule has 2 aromatic heterocycles. The Bertz CT molecular complexity index is 1710. The zero-order chi connectivity index (χ0) is 28.1. The second-order valence-corrected chi connectivity index (χ2v) is 8.74. The molecule has 0 saturated carbocycles. The average Bonchev–Trinajstić information content (AvgIpc) is 2.92. The molecule has 0 saturated heterocycles. The summed E-state index contributed by atoms with van der Waals surface area (Å²) in [7, 11) is 0. The van der Waals surface area contributed by atoms with Gasteiger partial charge in [0.1, 0.15) is 28.6 Å². The third-order valence-corrected chi connectivity index (χ3v) is 6.12. The first-order valence-corrected chi connectivity index (χ1v) is 12.2. The summed E-state index contributed by atoms with van der Waals surface area (Å²) in [6.45, 7) is 7.60. The molecule has 4 rings (SSSR count). The van der Waals surface area contributed by atoms with Crippen LogP contribution >= 0.6 is 0 Å². The number of amides is 1. The molecule has 0 fully saturated rings. The van der Waals surface area contributed by atoms with Crippen LogP contribution in [0.2, 0.25) is 0 Å². The van der Waals surface area contributed by atoms with E-state index in [0.717, 1.165) is 16.7 Å². The fourth-order valence-electron chi connectivity index (χ4n) is 3.83. The minimum atomic E-state index is -0.743. The van der Waals surface area contributed by atoms with Crippen molar-refractivity contribution in [3.05, 3.63) is 105 Å². The van der Waals surface area contributed by atoms with Crippen LogP contribution < -0.4 is 15.6 Å². The summed E-state index contributed by atoms with van der Waals surface area (Å²) in [6, 6.07) is 17.0. The Hall–Kier alpha value is -5.23. The van der Waals surface area contributed by atoms with Gasteiger partial charge in [0.15, 0.2) is 0 Å². The normalized spacial score (nSPS) is 11.1. The van der Waals surface area contributed by atoms with Gasteiger partial charge in [-0.25, -0.2) is 4.79 Å². The third kappa shape index (κ3) is 5.70. The number of nitriles is 1. The highest BCUT2D eigenvalue weighted by atomic mass is 16.5. The van der Waals surface area contributed by atoms with E-state index in [1.54, 1.807) is 25.3 Å². The largest absolute Gasteiger partial charge is 0.462 e. The van der Waals surface area contributed by atoms with Crippen molar-refractivity contribution in [3.8, 4) is 17.7 Å². The number of esters is 1. The molecule has 196 valence electrons. The first-order valence-electron chi connectivity index (χ1n) is 12.2. The van der Waals surface area contributed by atoms with Gasteiger partial charge in [-0.05, 0) is 86.9 Å². The number of carbonyl (C=O) groups excluding carboxylic acids is 2. The fourth-order valence-corrected chi connectivity index (χ4v) is 3.83. The molecule has 4 aromatic rings. The van der Waals surface area contributed by atoms with Gasteiger partial charge >= 0.3 is 5.97 Å². The molecule has 2 aromatic carbocycles. The van der Waals surface area contributed by atoms with Crippen LogP contribution in [0.3, 0.4) is 0 Å². The Morgan fingerprint density at radius 2 is 1.77 bits per heavy atom. The van der Waals surface area contributed by atoms with Crippen LogP contribution in [0.5, 0.6) is 11.6 Å². The van der Waals surface area contributed by atoms with E-state index in [0.29, 0.717) is 22.6 Å². The quantitative estimate of drug-likeness (QED) is 0.203. The molecule has 0 bridgehead atoms. The Labute approximate surface area is 225 Å².